The molecule has 1 aromatic heterocycles. The summed E-state index contributed by atoms with van der Waals surface area (Å²) in [4.78, 5) is 26.0. The second-order valence-corrected chi connectivity index (χ2v) is 10.7. The SMILES string of the molecule is CN1Cc2cc(Nc3ncc(Cl)c(N4CC(C)(C(N)=O)c5ccccc54)n3)cc3c2C(CCC3)C1. The van der Waals surface area contributed by atoms with Crippen LogP contribution in [0.15, 0.2) is 42.6 Å². The smallest absolute Gasteiger partial charge is 0.229 e. The fourth-order valence-electron chi connectivity index (χ4n) is 6.11. The molecule has 1 aliphatic carbocycles. The van der Waals surface area contributed by atoms with Crippen LogP contribution in [0.25, 0.3) is 0 Å². The molecule has 3 heterocycles. The number of aryl methyl sites for hydroxylation is 1. The minimum Gasteiger partial charge on any atom is -0.369 e. The van der Waals surface area contributed by atoms with Crippen molar-refractivity contribution in [2.24, 2.45) is 5.73 Å². The third kappa shape index (κ3) is 3.65. The molecule has 0 fully saturated rings. The van der Waals surface area contributed by atoms with E-state index in [9.17, 15) is 4.79 Å². The van der Waals surface area contributed by atoms with E-state index in [1.807, 2.05) is 36.1 Å². The number of nitrogens with zero attached hydrogens (tertiary/aromatic N) is 4. The van der Waals surface area contributed by atoms with Gasteiger partial charge in [0, 0.05) is 31.0 Å². The molecule has 0 radical (unpaired) electrons. The van der Waals surface area contributed by atoms with Crippen LogP contribution in [-0.4, -0.2) is 40.9 Å². The number of para-hydroxylation sites is 1. The van der Waals surface area contributed by atoms with Crippen LogP contribution >= 0.6 is 11.6 Å². The van der Waals surface area contributed by atoms with Gasteiger partial charge in [-0.2, -0.15) is 4.98 Å². The Balaban J connectivity index is 1.36. The lowest BCUT2D eigenvalue weighted by Crippen LogP contribution is -2.41. The lowest BCUT2D eigenvalue weighted by atomic mass is 9.77. The van der Waals surface area contributed by atoms with Gasteiger partial charge in [-0.3, -0.25) is 4.79 Å². The first-order valence-electron chi connectivity index (χ1n) is 12.1. The van der Waals surface area contributed by atoms with Gasteiger partial charge in [-0.25, -0.2) is 4.98 Å². The number of nitrogens with two attached hydrogens (primary N) is 1. The number of halogens is 1. The van der Waals surface area contributed by atoms with Crippen LogP contribution in [0.1, 0.15) is 47.9 Å². The summed E-state index contributed by atoms with van der Waals surface area (Å²) in [7, 11) is 2.19. The highest BCUT2D eigenvalue weighted by atomic mass is 35.5. The van der Waals surface area contributed by atoms with Crippen LogP contribution in [-0.2, 0) is 23.2 Å². The molecular weight excluding hydrogens is 460 g/mol. The topological polar surface area (TPSA) is 87.4 Å². The van der Waals surface area contributed by atoms with Gasteiger partial charge in [0.1, 0.15) is 5.02 Å². The normalized spacial score (nSPS) is 23.1. The van der Waals surface area contributed by atoms with Crippen LogP contribution in [0.2, 0.25) is 5.02 Å². The Bertz CT molecular complexity index is 1340. The van der Waals surface area contributed by atoms with Crippen LogP contribution in [0.3, 0.4) is 0 Å². The highest BCUT2D eigenvalue weighted by Crippen LogP contribution is 2.46. The second-order valence-electron chi connectivity index (χ2n) is 10.3. The van der Waals surface area contributed by atoms with Crippen LogP contribution < -0.4 is 16.0 Å². The molecule has 7 nitrogen and oxygen atoms in total. The molecule has 2 aromatic carbocycles. The van der Waals surface area contributed by atoms with Crippen molar-refractivity contribution in [2.45, 2.75) is 44.1 Å². The molecule has 1 amide bonds. The molecule has 0 spiro atoms. The second kappa shape index (κ2) is 8.21. The van der Waals surface area contributed by atoms with E-state index in [0.717, 1.165) is 36.4 Å². The van der Waals surface area contributed by atoms with Gasteiger partial charge in [-0.1, -0.05) is 29.8 Å². The zero-order valence-electron chi connectivity index (χ0n) is 20.0. The summed E-state index contributed by atoms with van der Waals surface area (Å²) >= 11 is 6.58. The number of primary amides is 1. The summed E-state index contributed by atoms with van der Waals surface area (Å²) in [5.74, 6) is 1.29. The minimum atomic E-state index is -0.831. The largest absolute Gasteiger partial charge is 0.369 e. The molecule has 3 aromatic rings. The maximum Gasteiger partial charge on any atom is 0.229 e. The third-order valence-corrected chi connectivity index (χ3v) is 8.04. The average molecular weight is 489 g/mol. The lowest BCUT2D eigenvalue weighted by Gasteiger charge is -2.37. The number of benzene rings is 2. The van der Waals surface area contributed by atoms with Crippen LogP contribution in [0.4, 0.5) is 23.1 Å². The van der Waals surface area contributed by atoms with Crippen molar-refractivity contribution in [3.63, 3.8) is 0 Å². The lowest BCUT2D eigenvalue weighted by molar-refractivity contribution is -0.122. The summed E-state index contributed by atoms with van der Waals surface area (Å²) in [5, 5.41) is 3.84. The maximum atomic E-state index is 12.4. The van der Waals surface area contributed by atoms with Crippen LogP contribution in [0, 0.1) is 0 Å². The molecule has 6 rings (SSSR count). The van der Waals surface area contributed by atoms with E-state index < -0.39 is 5.41 Å². The van der Waals surface area contributed by atoms with Crippen molar-refractivity contribution >= 4 is 40.6 Å². The van der Waals surface area contributed by atoms with E-state index >= 15 is 0 Å². The van der Waals surface area contributed by atoms with Gasteiger partial charge in [-0.15, -0.1) is 0 Å². The van der Waals surface area contributed by atoms with E-state index in [4.69, 9.17) is 22.3 Å². The zero-order valence-corrected chi connectivity index (χ0v) is 20.8. The number of carbonyl (C=O) groups is 1. The molecule has 2 aliphatic heterocycles. The Morgan fingerprint density at radius 3 is 2.89 bits per heavy atom. The van der Waals surface area contributed by atoms with Gasteiger partial charge in [0.2, 0.25) is 11.9 Å². The molecule has 3 aliphatic rings. The number of hydrogen-bond donors (Lipinski definition) is 2. The number of carbonyl (C=O) groups excluding carboxylic acids is 1. The van der Waals surface area contributed by atoms with Crippen molar-refractivity contribution < 1.29 is 4.79 Å². The Morgan fingerprint density at radius 2 is 2.06 bits per heavy atom. The van der Waals surface area contributed by atoms with Gasteiger partial charge in [-0.05, 0) is 79.6 Å². The van der Waals surface area contributed by atoms with Gasteiger partial charge in [0.15, 0.2) is 5.82 Å². The van der Waals surface area contributed by atoms with E-state index in [2.05, 4.69) is 34.4 Å². The summed E-state index contributed by atoms with van der Waals surface area (Å²) < 4.78 is 0. The predicted octanol–water partition coefficient (Wildman–Crippen LogP) is 4.63. The molecule has 2 unspecified atom stereocenters. The standard InChI is InChI=1S/C27H29ClN6O/c1-27(25(29)35)15-34(22-9-4-3-8-20(22)27)24-21(28)12-30-26(32-24)31-19-10-16-6-5-7-17-13-33(2)14-18(11-19)23(16)17/h3-4,8-12,17H,5-7,13-15H2,1-2H3,(H2,29,35)(H,30,31,32). The number of anilines is 4. The number of likely N-dealkylation sites (N-methyl/N-ethyl adjacent to an activating group) is 1. The average Bonchev–Trinajstić information content (AvgIpc) is 3.14. The summed E-state index contributed by atoms with van der Waals surface area (Å²) in [6.07, 6.45) is 5.22. The van der Waals surface area contributed by atoms with E-state index in [1.165, 1.54) is 24.0 Å². The molecule has 35 heavy (non-hydrogen) atoms. The number of amides is 1. The first-order valence-corrected chi connectivity index (χ1v) is 12.5. The Morgan fingerprint density at radius 1 is 1.26 bits per heavy atom. The Labute approximate surface area is 210 Å². The molecule has 8 heteroatoms. The fourth-order valence-corrected chi connectivity index (χ4v) is 6.30. The molecule has 2 atom stereocenters. The highest BCUT2D eigenvalue weighted by molar-refractivity contribution is 6.33. The van der Waals surface area contributed by atoms with Gasteiger partial charge in [0.25, 0.3) is 0 Å². The van der Waals surface area contributed by atoms with Crippen molar-refractivity contribution in [3.8, 4) is 0 Å². The zero-order chi connectivity index (χ0) is 24.3. The van der Waals surface area contributed by atoms with Gasteiger partial charge < -0.3 is 20.9 Å². The van der Waals surface area contributed by atoms with Gasteiger partial charge in [0.05, 0.1) is 11.6 Å². The summed E-state index contributed by atoms with van der Waals surface area (Å²) in [6.45, 7) is 4.33. The van der Waals surface area contributed by atoms with Gasteiger partial charge >= 0.3 is 0 Å². The predicted molar refractivity (Wildman–Crippen MR) is 139 cm³/mol. The summed E-state index contributed by atoms with van der Waals surface area (Å²) in [5.41, 5.74) is 12.1. The van der Waals surface area contributed by atoms with E-state index in [1.54, 1.807) is 11.8 Å². The number of nitrogens with one attached hydrogen (secondary N) is 1. The molecule has 3 N–H and O–H groups in total. The first-order chi connectivity index (χ1) is 16.8. The number of rotatable bonds is 4. The van der Waals surface area contributed by atoms with E-state index in [-0.39, 0.29) is 5.91 Å². The third-order valence-electron chi connectivity index (χ3n) is 7.78. The number of fused-ring (bicyclic) bond motifs is 1. The quantitative estimate of drug-likeness (QED) is 0.556. The Kier molecular flexibility index (Phi) is 5.23. The Hall–Kier alpha value is -3.16. The van der Waals surface area contributed by atoms with Crippen molar-refractivity contribution in [1.82, 2.24) is 14.9 Å². The molecular formula is C27H29ClN6O. The molecule has 0 bridgehead atoms. The van der Waals surface area contributed by atoms with Crippen LogP contribution in [0.5, 0.6) is 0 Å². The monoisotopic (exact) mass is 488 g/mol. The van der Waals surface area contributed by atoms with Crippen molar-refractivity contribution in [1.29, 1.82) is 0 Å². The highest BCUT2D eigenvalue weighted by Gasteiger charge is 2.44. The fraction of sp³-hybridized carbons (Fsp3) is 0.370. The minimum absolute atomic E-state index is 0.370. The maximum absolute atomic E-state index is 12.4. The first kappa shape index (κ1) is 22.3. The molecule has 0 saturated carbocycles. The molecule has 0 saturated heterocycles. The number of aromatic nitrogens is 2. The van der Waals surface area contributed by atoms with Crippen molar-refractivity contribution in [3.05, 3.63) is 69.9 Å². The summed E-state index contributed by atoms with van der Waals surface area (Å²) in [6, 6.07) is 12.3. The van der Waals surface area contributed by atoms with Crippen molar-refractivity contribution in [2.75, 3.05) is 30.4 Å². The number of hydrogen-bond acceptors (Lipinski definition) is 6. The van der Waals surface area contributed by atoms with E-state index in [0.29, 0.717) is 29.3 Å². The molecule has 180 valence electrons.